The third-order valence-corrected chi connectivity index (χ3v) is 6.64. The van der Waals surface area contributed by atoms with Crippen LogP contribution in [0.25, 0.3) is 0 Å². The van der Waals surface area contributed by atoms with Crippen LogP contribution in [0, 0.1) is 26.1 Å². The van der Waals surface area contributed by atoms with Crippen LogP contribution in [0.4, 0.5) is 22.7 Å². The Morgan fingerprint density at radius 2 is 1.47 bits per heavy atom. The summed E-state index contributed by atoms with van der Waals surface area (Å²) in [6.45, 7) is 2.72. The van der Waals surface area contributed by atoms with Crippen molar-refractivity contribution in [3.63, 3.8) is 0 Å². The van der Waals surface area contributed by atoms with E-state index < -0.39 is 15.8 Å². The van der Waals surface area contributed by atoms with E-state index in [0.29, 0.717) is 57.8 Å². The van der Waals surface area contributed by atoms with Gasteiger partial charge in [-0.1, -0.05) is 12.1 Å². The normalized spacial score (nSPS) is 16.5. The zero-order chi connectivity index (χ0) is 25.7. The van der Waals surface area contributed by atoms with E-state index in [1.165, 1.54) is 18.2 Å². The molecule has 12 nitrogen and oxygen atoms in total. The number of carbonyl (C=O) groups is 2. The SMILES string of the molecule is O=C(OCC(=O)N1CCN(c2ccc([N+](=O)[O-])cc2)CC1)C1CCN(c2ccccc2[N+](=O)[O-])CC1. The van der Waals surface area contributed by atoms with Crippen LogP contribution in [0.2, 0.25) is 0 Å². The molecule has 2 saturated heterocycles. The summed E-state index contributed by atoms with van der Waals surface area (Å²) in [7, 11) is 0. The van der Waals surface area contributed by atoms with Gasteiger partial charge in [-0.05, 0) is 31.0 Å². The Labute approximate surface area is 207 Å². The molecule has 0 radical (unpaired) electrons. The Balaban J connectivity index is 1.20. The molecule has 2 aliphatic rings. The molecule has 0 spiro atoms. The lowest BCUT2D eigenvalue weighted by Gasteiger charge is -2.36. The number of anilines is 2. The zero-order valence-corrected chi connectivity index (χ0v) is 19.7. The van der Waals surface area contributed by atoms with Gasteiger partial charge in [0, 0.05) is 63.2 Å². The van der Waals surface area contributed by atoms with E-state index in [-0.39, 0.29) is 29.8 Å². The van der Waals surface area contributed by atoms with Gasteiger partial charge in [0.2, 0.25) is 0 Å². The number of hydrogen-bond donors (Lipinski definition) is 0. The summed E-state index contributed by atoms with van der Waals surface area (Å²) in [4.78, 5) is 51.9. The average molecular weight is 498 g/mol. The van der Waals surface area contributed by atoms with Crippen molar-refractivity contribution in [2.24, 2.45) is 5.92 Å². The van der Waals surface area contributed by atoms with E-state index >= 15 is 0 Å². The van der Waals surface area contributed by atoms with Crippen molar-refractivity contribution in [3.05, 3.63) is 68.8 Å². The number of carbonyl (C=O) groups excluding carboxylic acids is 2. The molecule has 0 saturated carbocycles. The van der Waals surface area contributed by atoms with E-state index in [0.717, 1.165) is 5.69 Å². The highest BCUT2D eigenvalue weighted by molar-refractivity contribution is 5.81. The molecule has 0 bridgehead atoms. The van der Waals surface area contributed by atoms with E-state index in [2.05, 4.69) is 0 Å². The van der Waals surface area contributed by atoms with Gasteiger partial charge >= 0.3 is 5.97 Å². The fraction of sp³-hybridized carbons (Fsp3) is 0.417. The molecule has 36 heavy (non-hydrogen) atoms. The first-order valence-corrected chi connectivity index (χ1v) is 11.8. The van der Waals surface area contributed by atoms with Gasteiger partial charge < -0.3 is 19.4 Å². The first-order valence-electron chi connectivity index (χ1n) is 11.8. The van der Waals surface area contributed by atoms with Crippen molar-refractivity contribution in [1.29, 1.82) is 0 Å². The molecule has 0 aliphatic carbocycles. The number of rotatable bonds is 7. The molecule has 0 aromatic heterocycles. The fourth-order valence-corrected chi connectivity index (χ4v) is 4.58. The Bertz CT molecular complexity index is 1120. The summed E-state index contributed by atoms with van der Waals surface area (Å²) in [5, 5.41) is 22.1. The van der Waals surface area contributed by atoms with Crippen molar-refractivity contribution in [3.8, 4) is 0 Å². The number of nitro benzene ring substituents is 2. The number of amides is 1. The van der Waals surface area contributed by atoms with Crippen LogP contribution < -0.4 is 9.80 Å². The predicted octanol–water partition coefficient (Wildman–Crippen LogP) is 2.61. The molecule has 2 fully saturated rings. The number of nitrogens with zero attached hydrogens (tertiary/aromatic N) is 5. The average Bonchev–Trinajstić information content (AvgIpc) is 2.91. The molecule has 4 rings (SSSR count). The highest BCUT2D eigenvalue weighted by Crippen LogP contribution is 2.31. The van der Waals surface area contributed by atoms with Gasteiger partial charge in [-0.25, -0.2) is 0 Å². The number of piperidine rings is 1. The van der Waals surface area contributed by atoms with E-state index in [4.69, 9.17) is 4.74 Å². The Morgan fingerprint density at radius 1 is 0.833 bits per heavy atom. The van der Waals surface area contributed by atoms with Crippen molar-refractivity contribution < 1.29 is 24.2 Å². The maximum absolute atomic E-state index is 12.6. The third kappa shape index (κ3) is 5.70. The smallest absolute Gasteiger partial charge is 0.309 e. The molecule has 0 N–H and O–H groups in total. The number of esters is 1. The van der Waals surface area contributed by atoms with Gasteiger partial charge in [0.25, 0.3) is 17.3 Å². The second kappa shape index (κ2) is 11.0. The predicted molar refractivity (Wildman–Crippen MR) is 131 cm³/mol. The number of piperazine rings is 1. The number of nitro groups is 2. The Morgan fingerprint density at radius 3 is 2.08 bits per heavy atom. The van der Waals surface area contributed by atoms with Crippen LogP contribution in [-0.4, -0.2) is 72.5 Å². The monoisotopic (exact) mass is 497 g/mol. The highest BCUT2D eigenvalue weighted by Gasteiger charge is 2.30. The lowest BCUT2D eigenvalue weighted by Crippen LogP contribution is -2.50. The maximum Gasteiger partial charge on any atom is 0.309 e. The number of ether oxygens (including phenoxy) is 1. The van der Waals surface area contributed by atoms with Crippen molar-refractivity contribution in [2.75, 3.05) is 55.7 Å². The first-order chi connectivity index (χ1) is 17.3. The van der Waals surface area contributed by atoms with Crippen molar-refractivity contribution >= 4 is 34.6 Å². The Kier molecular flexibility index (Phi) is 7.62. The second-order valence-corrected chi connectivity index (χ2v) is 8.76. The molecule has 0 unspecified atom stereocenters. The third-order valence-electron chi connectivity index (χ3n) is 6.64. The summed E-state index contributed by atoms with van der Waals surface area (Å²) >= 11 is 0. The van der Waals surface area contributed by atoms with Crippen LogP contribution in [0.15, 0.2) is 48.5 Å². The molecule has 2 aliphatic heterocycles. The van der Waals surface area contributed by atoms with Crippen molar-refractivity contribution in [2.45, 2.75) is 12.8 Å². The van der Waals surface area contributed by atoms with Gasteiger partial charge in [-0.3, -0.25) is 29.8 Å². The van der Waals surface area contributed by atoms with Gasteiger partial charge in [0.05, 0.1) is 15.8 Å². The van der Waals surface area contributed by atoms with Crippen LogP contribution in [0.1, 0.15) is 12.8 Å². The number of non-ortho nitro benzene ring substituents is 1. The summed E-state index contributed by atoms with van der Waals surface area (Å²) in [5.41, 5.74) is 1.46. The molecule has 12 heteroatoms. The lowest BCUT2D eigenvalue weighted by atomic mass is 9.96. The minimum Gasteiger partial charge on any atom is -0.455 e. The summed E-state index contributed by atoms with van der Waals surface area (Å²) < 4.78 is 5.31. The minimum absolute atomic E-state index is 0.0291. The molecular weight excluding hydrogens is 470 g/mol. The van der Waals surface area contributed by atoms with E-state index in [1.807, 2.05) is 9.80 Å². The fourth-order valence-electron chi connectivity index (χ4n) is 4.58. The van der Waals surface area contributed by atoms with Gasteiger partial charge in [-0.15, -0.1) is 0 Å². The number of benzene rings is 2. The summed E-state index contributed by atoms with van der Waals surface area (Å²) in [5.74, 6) is -1.03. The molecule has 190 valence electrons. The van der Waals surface area contributed by atoms with Crippen LogP contribution in [-0.2, 0) is 14.3 Å². The van der Waals surface area contributed by atoms with Gasteiger partial charge in [0.1, 0.15) is 5.69 Å². The van der Waals surface area contributed by atoms with Crippen molar-refractivity contribution in [1.82, 2.24) is 4.90 Å². The highest BCUT2D eigenvalue weighted by atomic mass is 16.6. The quantitative estimate of drug-likeness (QED) is 0.321. The first kappa shape index (κ1) is 24.9. The van der Waals surface area contributed by atoms with E-state index in [9.17, 15) is 29.8 Å². The maximum atomic E-state index is 12.6. The number of para-hydroxylation sites is 2. The topological polar surface area (TPSA) is 139 Å². The molecule has 1 amide bonds. The molecule has 2 heterocycles. The molecular formula is C24H27N5O7. The van der Waals surface area contributed by atoms with Gasteiger partial charge in [0.15, 0.2) is 6.61 Å². The van der Waals surface area contributed by atoms with Crippen LogP contribution in [0.3, 0.4) is 0 Å². The molecule has 2 aromatic carbocycles. The standard InChI is InChI=1S/C24H27N5O7/c30-23(27-15-13-25(14-16-27)19-5-7-20(8-6-19)28(32)33)17-36-24(31)18-9-11-26(12-10-18)21-3-1-2-4-22(21)29(34)35/h1-8,18H,9-17H2. The largest absolute Gasteiger partial charge is 0.455 e. The van der Waals surface area contributed by atoms with Crippen LogP contribution >= 0.6 is 0 Å². The molecule has 0 atom stereocenters. The number of hydrogen-bond acceptors (Lipinski definition) is 9. The van der Waals surface area contributed by atoms with E-state index in [1.54, 1.807) is 35.2 Å². The summed E-state index contributed by atoms with van der Waals surface area (Å²) in [6.07, 6.45) is 0.986. The van der Waals surface area contributed by atoms with Gasteiger partial charge in [-0.2, -0.15) is 0 Å². The van der Waals surface area contributed by atoms with Crippen LogP contribution in [0.5, 0.6) is 0 Å². The zero-order valence-electron chi connectivity index (χ0n) is 19.7. The second-order valence-electron chi connectivity index (χ2n) is 8.76. The Hall–Kier alpha value is -4.22. The summed E-state index contributed by atoms with van der Waals surface area (Å²) in [6, 6.07) is 12.8. The lowest BCUT2D eigenvalue weighted by molar-refractivity contribution is -0.384. The molecule has 2 aromatic rings. The minimum atomic E-state index is -0.444.